The van der Waals surface area contributed by atoms with Gasteiger partial charge in [0.1, 0.15) is 6.10 Å². The van der Waals surface area contributed by atoms with E-state index in [0.717, 1.165) is 0 Å². The minimum atomic E-state index is -0.293. The van der Waals surface area contributed by atoms with Crippen LogP contribution >= 0.6 is 0 Å². The third-order valence-electron chi connectivity index (χ3n) is 5.26. The molecule has 3 amide bonds. The number of aromatic nitrogens is 2. The van der Waals surface area contributed by atoms with Gasteiger partial charge >= 0.3 is 0 Å². The summed E-state index contributed by atoms with van der Waals surface area (Å²) in [7, 11) is 1.51. The van der Waals surface area contributed by atoms with E-state index in [1.807, 2.05) is 0 Å². The molecule has 0 saturated carbocycles. The van der Waals surface area contributed by atoms with Crippen molar-refractivity contribution in [2.24, 2.45) is 0 Å². The van der Waals surface area contributed by atoms with Gasteiger partial charge in [-0.1, -0.05) is 12.1 Å². The smallest absolute Gasteiger partial charge is 0.261 e. The molecule has 0 spiro atoms. The van der Waals surface area contributed by atoms with Gasteiger partial charge in [0.25, 0.3) is 11.8 Å². The fourth-order valence-corrected chi connectivity index (χ4v) is 3.69. The second-order valence-corrected chi connectivity index (χ2v) is 7.19. The quantitative estimate of drug-likeness (QED) is 0.638. The van der Waals surface area contributed by atoms with Crippen LogP contribution in [0.25, 0.3) is 0 Å². The number of likely N-dealkylation sites (tertiary alicyclic amines) is 1. The number of hydrogen-bond acceptors (Lipinski definition) is 7. The van der Waals surface area contributed by atoms with E-state index in [-0.39, 0.29) is 36.8 Å². The Labute approximate surface area is 173 Å². The summed E-state index contributed by atoms with van der Waals surface area (Å²) in [5.41, 5.74) is 0.852. The van der Waals surface area contributed by atoms with Crippen LogP contribution in [0.1, 0.15) is 40.0 Å². The molecule has 9 nitrogen and oxygen atoms in total. The van der Waals surface area contributed by atoms with E-state index in [0.29, 0.717) is 48.8 Å². The number of methoxy groups -OCH3 is 1. The van der Waals surface area contributed by atoms with Gasteiger partial charge in [0.05, 0.1) is 24.8 Å². The molecule has 1 aromatic heterocycles. The Morgan fingerprint density at radius 3 is 2.37 bits per heavy atom. The van der Waals surface area contributed by atoms with Gasteiger partial charge in [-0.2, -0.15) is 0 Å². The maximum absolute atomic E-state index is 12.5. The molecule has 1 fully saturated rings. The van der Waals surface area contributed by atoms with Crippen LogP contribution in [0.5, 0.6) is 11.8 Å². The fraction of sp³-hybridized carbons (Fsp3) is 0.381. The standard InChI is InChI=1S/C21H22N4O5/c1-29-17-8-9-18(23-22-17)30-14-10-12-24(13-14)19(26)7-4-11-25-20(27)15-5-2-3-6-16(15)21(25)28/h2-3,5-6,8-9,14H,4,7,10-13H2,1H3. The van der Waals surface area contributed by atoms with E-state index >= 15 is 0 Å². The van der Waals surface area contributed by atoms with Gasteiger partial charge in [0.15, 0.2) is 0 Å². The first-order chi connectivity index (χ1) is 14.6. The van der Waals surface area contributed by atoms with Crippen molar-refractivity contribution in [3.63, 3.8) is 0 Å². The zero-order valence-corrected chi connectivity index (χ0v) is 16.6. The topological polar surface area (TPSA) is 102 Å². The molecule has 1 unspecified atom stereocenters. The Morgan fingerprint density at radius 1 is 1.07 bits per heavy atom. The Kier molecular flexibility index (Phi) is 5.60. The third kappa shape index (κ3) is 3.96. The summed E-state index contributed by atoms with van der Waals surface area (Å²) in [5, 5.41) is 7.80. The summed E-state index contributed by atoms with van der Waals surface area (Å²) in [6, 6.07) is 10.1. The highest BCUT2D eigenvalue weighted by Crippen LogP contribution is 2.23. The van der Waals surface area contributed by atoms with E-state index in [4.69, 9.17) is 9.47 Å². The van der Waals surface area contributed by atoms with Crippen LogP contribution in [0, 0.1) is 0 Å². The molecular weight excluding hydrogens is 388 g/mol. The minimum Gasteiger partial charge on any atom is -0.480 e. The zero-order chi connectivity index (χ0) is 21.1. The number of amides is 3. The Morgan fingerprint density at radius 2 is 1.73 bits per heavy atom. The molecule has 3 heterocycles. The lowest BCUT2D eigenvalue weighted by Gasteiger charge is -2.18. The van der Waals surface area contributed by atoms with Gasteiger partial charge in [-0.15, -0.1) is 10.2 Å². The number of rotatable bonds is 7. The number of carbonyl (C=O) groups excluding carboxylic acids is 3. The number of nitrogens with zero attached hydrogens (tertiary/aromatic N) is 4. The summed E-state index contributed by atoms with van der Waals surface area (Å²) in [5.74, 6) is 0.194. The molecule has 1 saturated heterocycles. The van der Waals surface area contributed by atoms with Crippen LogP contribution in [0.2, 0.25) is 0 Å². The van der Waals surface area contributed by atoms with Crippen molar-refractivity contribution in [1.29, 1.82) is 0 Å². The highest BCUT2D eigenvalue weighted by atomic mass is 16.5. The molecule has 2 aliphatic rings. The third-order valence-corrected chi connectivity index (χ3v) is 5.26. The van der Waals surface area contributed by atoms with Crippen molar-refractivity contribution >= 4 is 17.7 Å². The number of fused-ring (bicyclic) bond motifs is 1. The van der Waals surface area contributed by atoms with Gasteiger partial charge in [0, 0.05) is 38.1 Å². The number of imide groups is 1. The number of hydrogen-bond donors (Lipinski definition) is 0. The van der Waals surface area contributed by atoms with Crippen molar-refractivity contribution in [3.8, 4) is 11.8 Å². The second kappa shape index (κ2) is 8.48. The van der Waals surface area contributed by atoms with E-state index in [9.17, 15) is 14.4 Å². The number of ether oxygens (including phenoxy) is 2. The van der Waals surface area contributed by atoms with Crippen molar-refractivity contribution in [2.45, 2.75) is 25.4 Å². The molecule has 1 atom stereocenters. The average molecular weight is 410 g/mol. The predicted molar refractivity (Wildman–Crippen MR) is 105 cm³/mol. The summed E-state index contributed by atoms with van der Waals surface area (Å²) >= 11 is 0. The van der Waals surface area contributed by atoms with Gasteiger partial charge < -0.3 is 14.4 Å². The predicted octanol–water partition coefficient (Wildman–Crippen LogP) is 1.54. The zero-order valence-electron chi connectivity index (χ0n) is 16.6. The summed E-state index contributed by atoms with van der Waals surface area (Å²) in [4.78, 5) is 40.2. The molecule has 9 heteroatoms. The largest absolute Gasteiger partial charge is 0.480 e. The molecule has 0 bridgehead atoms. The molecule has 0 aliphatic carbocycles. The van der Waals surface area contributed by atoms with E-state index < -0.39 is 0 Å². The fourth-order valence-electron chi connectivity index (χ4n) is 3.69. The summed E-state index contributed by atoms with van der Waals surface area (Å²) in [6.45, 7) is 1.30. The summed E-state index contributed by atoms with van der Waals surface area (Å²) < 4.78 is 10.8. The number of carbonyl (C=O) groups is 3. The maximum Gasteiger partial charge on any atom is 0.261 e. The Bertz CT molecular complexity index is 927. The van der Waals surface area contributed by atoms with Crippen molar-refractivity contribution < 1.29 is 23.9 Å². The lowest BCUT2D eigenvalue weighted by molar-refractivity contribution is -0.130. The van der Waals surface area contributed by atoms with Gasteiger partial charge in [-0.25, -0.2) is 0 Å². The molecule has 2 aliphatic heterocycles. The highest BCUT2D eigenvalue weighted by Gasteiger charge is 2.35. The van der Waals surface area contributed by atoms with Crippen molar-refractivity contribution in [1.82, 2.24) is 20.0 Å². The molecule has 2 aromatic rings. The van der Waals surface area contributed by atoms with Crippen LogP contribution in [0.4, 0.5) is 0 Å². The Balaban J connectivity index is 1.23. The van der Waals surface area contributed by atoms with Crippen LogP contribution < -0.4 is 9.47 Å². The molecule has 0 radical (unpaired) electrons. The Hall–Kier alpha value is -3.49. The highest BCUT2D eigenvalue weighted by molar-refractivity contribution is 6.21. The monoisotopic (exact) mass is 410 g/mol. The normalized spacial score (nSPS) is 18.0. The van der Waals surface area contributed by atoms with Gasteiger partial charge in [-0.3, -0.25) is 19.3 Å². The lowest BCUT2D eigenvalue weighted by atomic mass is 10.1. The SMILES string of the molecule is COc1ccc(OC2CCN(C(=O)CCCN3C(=O)c4ccccc4C3=O)C2)nn1. The molecular formula is C21H22N4O5. The van der Waals surface area contributed by atoms with Crippen LogP contribution in [0.3, 0.4) is 0 Å². The first-order valence-electron chi connectivity index (χ1n) is 9.84. The molecule has 4 rings (SSSR count). The average Bonchev–Trinajstić information content (AvgIpc) is 3.33. The first-order valence-corrected chi connectivity index (χ1v) is 9.84. The molecule has 156 valence electrons. The minimum absolute atomic E-state index is 0.0153. The van der Waals surface area contributed by atoms with Gasteiger partial charge in [-0.05, 0) is 18.6 Å². The lowest BCUT2D eigenvalue weighted by Crippen LogP contribution is -2.33. The van der Waals surface area contributed by atoms with Crippen LogP contribution in [-0.4, -0.2) is 70.6 Å². The van der Waals surface area contributed by atoms with E-state index in [2.05, 4.69) is 10.2 Å². The second-order valence-electron chi connectivity index (χ2n) is 7.19. The van der Waals surface area contributed by atoms with Crippen molar-refractivity contribution in [3.05, 3.63) is 47.5 Å². The van der Waals surface area contributed by atoms with E-state index in [1.165, 1.54) is 12.0 Å². The van der Waals surface area contributed by atoms with Crippen molar-refractivity contribution in [2.75, 3.05) is 26.7 Å². The summed E-state index contributed by atoms with van der Waals surface area (Å²) in [6.07, 6.45) is 1.25. The molecule has 30 heavy (non-hydrogen) atoms. The first kappa shape index (κ1) is 19.8. The van der Waals surface area contributed by atoms with Gasteiger partial charge in [0.2, 0.25) is 17.7 Å². The molecule has 0 N–H and O–H groups in total. The number of benzene rings is 1. The van der Waals surface area contributed by atoms with Crippen LogP contribution in [-0.2, 0) is 4.79 Å². The van der Waals surface area contributed by atoms with Crippen LogP contribution in [0.15, 0.2) is 36.4 Å². The van der Waals surface area contributed by atoms with E-state index in [1.54, 1.807) is 41.3 Å². The maximum atomic E-state index is 12.5. The molecule has 1 aromatic carbocycles.